The topological polar surface area (TPSA) is 82.7 Å². The first-order chi connectivity index (χ1) is 14.2. The number of rotatable bonds is 5. The van der Waals surface area contributed by atoms with E-state index in [0.717, 1.165) is 39.2 Å². The Morgan fingerprint density at radius 3 is 2.66 bits per heavy atom. The second-order valence-electron chi connectivity index (χ2n) is 6.76. The molecule has 0 fully saturated rings. The van der Waals surface area contributed by atoms with Crippen LogP contribution < -0.4 is 10.6 Å². The molecule has 0 aliphatic heterocycles. The Kier molecular flexibility index (Phi) is 5.33. The molecule has 144 valence electrons. The molecule has 6 heteroatoms. The molecule has 2 amide bonds. The summed E-state index contributed by atoms with van der Waals surface area (Å²) in [7, 11) is 0. The molecule has 0 atom stereocenters. The highest BCUT2D eigenvalue weighted by molar-refractivity contribution is 5.89. The Bertz CT molecular complexity index is 1120. The fraction of sp³-hybridized carbons (Fsp3) is 0.0870. The molecule has 0 saturated heterocycles. The molecule has 0 bridgehead atoms. The van der Waals surface area contributed by atoms with Crippen LogP contribution in [-0.4, -0.2) is 21.2 Å². The molecule has 4 rings (SSSR count). The zero-order valence-electron chi connectivity index (χ0n) is 16.0. The first-order valence-electron chi connectivity index (χ1n) is 9.34. The first kappa shape index (κ1) is 18.4. The predicted molar refractivity (Wildman–Crippen MR) is 114 cm³/mol. The van der Waals surface area contributed by atoms with Crippen molar-refractivity contribution in [3.8, 4) is 22.4 Å². The van der Waals surface area contributed by atoms with Gasteiger partial charge in [-0.2, -0.15) is 5.10 Å². The van der Waals surface area contributed by atoms with Gasteiger partial charge in [0.2, 0.25) is 0 Å². The van der Waals surface area contributed by atoms with Crippen molar-refractivity contribution in [3.05, 3.63) is 90.4 Å². The number of nitrogens with one attached hydrogen (secondary N) is 3. The summed E-state index contributed by atoms with van der Waals surface area (Å²) in [5, 5.41) is 13.1. The molecular weight excluding hydrogens is 362 g/mol. The second kappa shape index (κ2) is 8.39. The highest BCUT2D eigenvalue weighted by atomic mass is 16.2. The smallest absolute Gasteiger partial charge is 0.319 e. The van der Waals surface area contributed by atoms with Crippen molar-refractivity contribution in [2.75, 3.05) is 5.32 Å². The molecule has 4 aromatic rings. The number of hydrogen-bond acceptors (Lipinski definition) is 3. The average molecular weight is 383 g/mol. The molecule has 29 heavy (non-hydrogen) atoms. The first-order valence-corrected chi connectivity index (χ1v) is 9.34. The van der Waals surface area contributed by atoms with Crippen molar-refractivity contribution in [2.45, 2.75) is 13.5 Å². The summed E-state index contributed by atoms with van der Waals surface area (Å²) in [5.74, 6) is 0. The number of hydrogen-bond donors (Lipinski definition) is 3. The molecule has 3 N–H and O–H groups in total. The van der Waals surface area contributed by atoms with Crippen molar-refractivity contribution in [1.29, 1.82) is 0 Å². The normalized spacial score (nSPS) is 10.5. The van der Waals surface area contributed by atoms with E-state index in [-0.39, 0.29) is 6.03 Å². The van der Waals surface area contributed by atoms with Crippen LogP contribution in [0.5, 0.6) is 0 Å². The summed E-state index contributed by atoms with van der Waals surface area (Å²) in [4.78, 5) is 16.3. The van der Waals surface area contributed by atoms with Crippen LogP contribution in [0, 0.1) is 6.92 Å². The SMILES string of the molecule is Cc1cccc(NC(=O)NCc2cccc(-c3n[nH]cc3-c3ccncc3)c2)c1. The third-order valence-corrected chi connectivity index (χ3v) is 4.56. The number of aromatic nitrogens is 3. The molecule has 6 nitrogen and oxygen atoms in total. The van der Waals surface area contributed by atoms with Gasteiger partial charge in [0.15, 0.2) is 0 Å². The third-order valence-electron chi connectivity index (χ3n) is 4.56. The molecule has 0 spiro atoms. The van der Waals surface area contributed by atoms with E-state index in [9.17, 15) is 4.79 Å². The molecule has 0 aliphatic carbocycles. The number of carbonyl (C=O) groups is 1. The van der Waals surface area contributed by atoms with Gasteiger partial charge in [0.05, 0.1) is 5.69 Å². The number of anilines is 1. The largest absolute Gasteiger partial charge is 0.334 e. The zero-order chi connectivity index (χ0) is 20.1. The van der Waals surface area contributed by atoms with E-state index in [0.29, 0.717) is 6.54 Å². The minimum Gasteiger partial charge on any atom is -0.334 e. The third kappa shape index (κ3) is 4.50. The maximum absolute atomic E-state index is 12.2. The van der Waals surface area contributed by atoms with Crippen LogP contribution in [0.3, 0.4) is 0 Å². The van der Waals surface area contributed by atoms with Crippen LogP contribution in [0.4, 0.5) is 10.5 Å². The second-order valence-corrected chi connectivity index (χ2v) is 6.76. The highest BCUT2D eigenvalue weighted by Crippen LogP contribution is 2.30. The van der Waals surface area contributed by atoms with Crippen molar-refractivity contribution in [3.63, 3.8) is 0 Å². The summed E-state index contributed by atoms with van der Waals surface area (Å²) in [6, 6.07) is 19.4. The number of benzene rings is 2. The number of aryl methyl sites for hydroxylation is 1. The lowest BCUT2D eigenvalue weighted by atomic mass is 10.0. The number of carbonyl (C=O) groups excluding carboxylic acids is 1. The van der Waals surface area contributed by atoms with E-state index in [4.69, 9.17) is 0 Å². The van der Waals surface area contributed by atoms with Gasteiger partial charge in [0.25, 0.3) is 0 Å². The fourth-order valence-electron chi connectivity index (χ4n) is 3.17. The number of pyridine rings is 1. The van der Waals surface area contributed by atoms with Crippen molar-refractivity contribution in [2.24, 2.45) is 0 Å². The van der Waals surface area contributed by atoms with Crippen molar-refractivity contribution in [1.82, 2.24) is 20.5 Å². The van der Waals surface area contributed by atoms with E-state index in [2.05, 4.69) is 25.8 Å². The Morgan fingerprint density at radius 1 is 1.00 bits per heavy atom. The number of amides is 2. The molecule has 2 aromatic carbocycles. The summed E-state index contributed by atoms with van der Waals surface area (Å²) < 4.78 is 0. The van der Waals surface area contributed by atoms with Gasteiger partial charge >= 0.3 is 6.03 Å². The lowest BCUT2D eigenvalue weighted by Crippen LogP contribution is -2.28. The quantitative estimate of drug-likeness (QED) is 0.464. The maximum atomic E-state index is 12.2. The zero-order valence-corrected chi connectivity index (χ0v) is 16.0. The van der Waals surface area contributed by atoms with Gasteiger partial charge in [-0.3, -0.25) is 10.1 Å². The molecule has 0 radical (unpaired) electrons. The molecule has 2 aromatic heterocycles. The number of urea groups is 1. The maximum Gasteiger partial charge on any atom is 0.319 e. The van der Waals surface area contributed by atoms with Crippen LogP contribution in [0.1, 0.15) is 11.1 Å². The number of aromatic amines is 1. The molecule has 0 unspecified atom stereocenters. The van der Waals surface area contributed by atoms with Gasteiger partial charge in [-0.1, -0.05) is 30.3 Å². The standard InChI is InChI=1S/C23H21N5O/c1-16-4-2-7-20(12-16)27-23(29)25-14-17-5-3-6-19(13-17)22-21(15-26-28-22)18-8-10-24-11-9-18/h2-13,15H,14H2,1H3,(H,26,28)(H2,25,27,29). The Balaban J connectivity index is 1.46. The molecule has 0 aliphatic rings. The number of H-pyrrole nitrogens is 1. The van der Waals surface area contributed by atoms with E-state index < -0.39 is 0 Å². The summed E-state index contributed by atoms with van der Waals surface area (Å²) >= 11 is 0. The highest BCUT2D eigenvalue weighted by Gasteiger charge is 2.11. The van der Waals surface area contributed by atoms with Crippen LogP contribution in [0.25, 0.3) is 22.4 Å². The fourth-order valence-corrected chi connectivity index (χ4v) is 3.17. The van der Waals surface area contributed by atoms with Crippen LogP contribution in [0.2, 0.25) is 0 Å². The van der Waals surface area contributed by atoms with Gasteiger partial charge in [0, 0.05) is 41.9 Å². The molecule has 2 heterocycles. The van der Waals surface area contributed by atoms with Gasteiger partial charge in [-0.15, -0.1) is 0 Å². The average Bonchev–Trinajstić information content (AvgIpc) is 3.23. The summed E-state index contributed by atoms with van der Waals surface area (Å²) in [6.07, 6.45) is 5.41. The van der Waals surface area contributed by atoms with Crippen LogP contribution >= 0.6 is 0 Å². The Morgan fingerprint density at radius 2 is 1.83 bits per heavy atom. The number of nitrogens with zero attached hydrogens (tertiary/aromatic N) is 2. The van der Waals surface area contributed by atoms with Gasteiger partial charge in [-0.25, -0.2) is 4.79 Å². The molecule has 0 saturated carbocycles. The van der Waals surface area contributed by atoms with Crippen LogP contribution in [0.15, 0.2) is 79.3 Å². The predicted octanol–water partition coefficient (Wildman–Crippen LogP) is 4.77. The minimum absolute atomic E-state index is 0.238. The monoisotopic (exact) mass is 383 g/mol. The van der Waals surface area contributed by atoms with Gasteiger partial charge in [-0.05, 0) is 53.9 Å². The summed E-state index contributed by atoms with van der Waals surface area (Å²) in [6.45, 7) is 2.41. The van der Waals surface area contributed by atoms with E-state index in [1.165, 1.54) is 0 Å². The van der Waals surface area contributed by atoms with E-state index in [1.807, 2.05) is 73.8 Å². The van der Waals surface area contributed by atoms with Crippen molar-refractivity contribution >= 4 is 11.7 Å². The minimum atomic E-state index is -0.238. The van der Waals surface area contributed by atoms with E-state index >= 15 is 0 Å². The van der Waals surface area contributed by atoms with Gasteiger partial charge in [0.1, 0.15) is 0 Å². The Hall–Kier alpha value is -3.93. The van der Waals surface area contributed by atoms with Crippen molar-refractivity contribution < 1.29 is 4.79 Å². The Labute approximate surface area is 169 Å². The van der Waals surface area contributed by atoms with E-state index in [1.54, 1.807) is 12.4 Å². The lowest BCUT2D eigenvalue weighted by molar-refractivity contribution is 0.251. The molecular formula is C23H21N5O. The lowest BCUT2D eigenvalue weighted by Gasteiger charge is -2.09. The summed E-state index contributed by atoms with van der Waals surface area (Å²) in [5.41, 5.74) is 6.76. The van der Waals surface area contributed by atoms with Gasteiger partial charge < -0.3 is 10.6 Å². The van der Waals surface area contributed by atoms with Crippen LogP contribution in [-0.2, 0) is 6.54 Å².